The number of aryl methyl sites for hydroxylation is 2. The summed E-state index contributed by atoms with van der Waals surface area (Å²) in [5.41, 5.74) is 10.3. The van der Waals surface area contributed by atoms with Crippen LogP contribution >= 0.6 is 22.9 Å². The first kappa shape index (κ1) is 31.0. The fraction of sp³-hybridized carbons (Fsp3) is 0.375. The maximum absolute atomic E-state index is 13.4. The molecule has 2 aromatic heterocycles. The molecule has 0 saturated heterocycles. The van der Waals surface area contributed by atoms with E-state index in [-0.39, 0.29) is 18.6 Å². The summed E-state index contributed by atoms with van der Waals surface area (Å²) in [6.07, 6.45) is 0.480. The average molecular weight is 622 g/mol. The highest BCUT2D eigenvalue weighted by molar-refractivity contribution is 7.15. The van der Waals surface area contributed by atoms with Crippen LogP contribution in [0.25, 0.3) is 5.00 Å². The second-order valence-corrected chi connectivity index (χ2v) is 12.0. The van der Waals surface area contributed by atoms with Crippen molar-refractivity contribution < 1.29 is 19.0 Å². The minimum absolute atomic E-state index is 0.0634. The van der Waals surface area contributed by atoms with Gasteiger partial charge in [-0.2, -0.15) is 0 Å². The Hall–Kier alpha value is -3.41. The Kier molecular flexibility index (Phi) is 10.4. The first-order valence-corrected chi connectivity index (χ1v) is 15.5. The molecular weight excluding hydrogens is 586 g/mol. The molecule has 226 valence electrons. The van der Waals surface area contributed by atoms with Gasteiger partial charge in [-0.3, -0.25) is 14.4 Å². The van der Waals surface area contributed by atoms with Crippen molar-refractivity contribution in [2.45, 2.75) is 39.7 Å². The van der Waals surface area contributed by atoms with Gasteiger partial charge >= 0.3 is 0 Å². The van der Waals surface area contributed by atoms with Crippen LogP contribution in [0.2, 0.25) is 5.02 Å². The fourth-order valence-corrected chi connectivity index (χ4v) is 6.32. The summed E-state index contributed by atoms with van der Waals surface area (Å²) in [6, 6.07) is 14.8. The van der Waals surface area contributed by atoms with Crippen molar-refractivity contribution in [3.05, 3.63) is 92.3 Å². The monoisotopic (exact) mass is 621 g/mol. The second-order valence-electron chi connectivity index (χ2n) is 10.3. The van der Waals surface area contributed by atoms with Crippen LogP contribution < -0.4 is 10.5 Å². The van der Waals surface area contributed by atoms with Gasteiger partial charge in [-0.15, -0.1) is 21.5 Å². The van der Waals surface area contributed by atoms with E-state index >= 15 is 0 Å². The predicted octanol–water partition coefficient (Wildman–Crippen LogP) is 5.37. The van der Waals surface area contributed by atoms with Crippen LogP contribution in [0, 0.1) is 20.8 Å². The number of hydrogen-bond donors (Lipinski definition) is 1. The standard InChI is InChI=1S/C32H36ClN5O4S/c1-20-21(2)43-32-29(20)30(24-6-8-25(33)9-7-24)35-28(31-37-36-22(3)38(31)32)19-26(39)18-23-4-10-27(11-5-23)42-17-16-41-15-14-40-13-12-34/h4-11,28H,12-19,34H2,1-3H3/t28-/m0/s1. The number of aromatic nitrogens is 3. The van der Waals surface area contributed by atoms with E-state index in [2.05, 4.69) is 28.6 Å². The lowest BCUT2D eigenvalue weighted by Crippen LogP contribution is -2.14. The summed E-state index contributed by atoms with van der Waals surface area (Å²) in [6.45, 7) is 9.09. The van der Waals surface area contributed by atoms with Crippen molar-refractivity contribution in [3.63, 3.8) is 0 Å². The van der Waals surface area contributed by atoms with Gasteiger partial charge in [0, 0.05) is 40.4 Å². The molecule has 0 saturated carbocycles. The normalized spacial score (nSPS) is 14.2. The molecule has 0 amide bonds. The highest BCUT2D eigenvalue weighted by Gasteiger charge is 2.32. The Morgan fingerprint density at radius 1 is 0.953 bits per heavy atom. The van der Waals surface area contributed by atoms with Crippen molar-refractivity contribution in [2.24, 2.45) is 10.7 Å². The van der Waals surface area contributed by atoms with E-state index in [0.29, 0.717) is 50.4 Å². The van der Waals surface area contributed by atoms with Crippen molar-refractivity contribution in [2.75, 3.05) is 39.6 Å². The highest BCUT2D eigenvalue weighted by Crippen LogP contribution is 2.39. The van der Waals surface area contributed by atoms with E-state index < -0.39 is 6.04 Å². The minimum atomic E-state index is -0.484. The molecule has 11 heteroatoms. The Labute approximate surface area is 260 Å². The molecule has 0 aliphatic carbocycles. The maximum Gasteiger partial charge on any atom is 0.163 e. The van der Waals surface area contributed by atoms with E-state index in [1.807, 2.05) is 55.5 Å². The fourth-order valence-electron chi connectivity index (χ4n) is 4.98. The number of ether oxygens (including phenoxy) is 3. The van der Waals surface area contributed by atoms with Crippen LogP contribution in [0.3, 0.4) is 0 Å². The SMILES string of the molecule is Cc1sc2c(c1C)C(c1ccc(Cl)cc1)=N[C@@H](CC(=O)Cc1ccc(OCCOCCOCCN)cc1)c1nnc(C)n1-2. The Morgan fingerprint density at radius 2 is 1.65 bits per heavy atom. The number of rotatable bonds is 14. The van der Waals surface area contributed by atoms with Gasteiger partial charge in [0.25, 0.3) is 0 Å². The summed E-state index contributed by atoms with van der Waals surface area (Å²) in [7, 11) is 0. The van der Waals surface area contributed by atoms with Gasteiger partial charge in [-0.1, -0.05) is 35.9 Å². The number of thiophene rings is 1. The summed E-state index contributed by atoms with van der Waals surface area (Å²) < 4.78 is 18.6. The molecule has 0 unspecified atom stereocenters. The Bertz CT molecular complexity index is 1580. The van der Waals surface area contributed by atoms with Gasteiger partial charge in [-0.25, -0.2) is 0 Å². The third kappa shape index (κ3) is 7.39. The smallest absolute Gasteiger partial charge is 0.163 e. The average Bonchev–Trinajstić information content (AvgIpc) is 3.47. The first-order valence-electron chi connectivity index (χ1n) is 14.3. The van der Waals surface area contributed by atoms with E-state index in [1.165, 1.54) is 4.88 Å². The minimum Gasteiger partial charge on any atom is -0.491 e. The number of Topliss-reactive ketones (excluding diaryl/α,β-unsaturated/α-hetero) is 1. The molecule has 0 bridgehead atoms. The number of aliphatic imine (C=N–C) groups is 1. The van der Waals surface area contributed by atoms with Gasteiger partial charge in [0.1, 0.15) is 35.0 Å². The van der Waals surface area contributed by atoms with Gasteiger partial charge in [0.15, 0.2) is 5.82 Å². The Morgan fingerprint density at radius 3 is 2.37 bits per heavy atom. The third-order valence-electron chi connectivity index (χ3n) is 7.23. The highest BCUT2D eigenvalue weighted by atomic mass is 35.5. The molecule has 1 atom stereocenters. The zero-order valence-electron chi connectivity index (χ0n) is 24.6. The van der Waals surface area contributed by atoms with Crippen LogP contribution in [0.4, 0.5) is 0 Å². The largest absolute Gasteiger partial charge is 0.491 e. The van der Waals surface area contributed by atoms with Crippen molar-refractivity contribution in [1.82, 2.24) is 14.8 Å². The molecule has 3 heterocycles. The maximum atomic E-state index is 13.4. The van der Waals surface area contributed by atoms with Crippen LogP contribution in [-0.4, -0.2) is 65.8 Å². The molecule has 5 rings (SSSR count). The van der Waals surface area contributed by atoms with E-state index in [9.17, 15) is 4.79 Å². The Balaban J connectivity index is 1.29. The van der Waals surface area contributed by atoms with Crippen LogP contribution in [-0.2, 0) is 20.7 Å². The number of nitrogens with two attached hydrogens (primary N) is 1. The quantitative estimate of drug-likeness (QED) is 0.188. The van der Waals surface area contributed by atoms with E-state index in [1.54, 1.807) is 11.3 Å². The zero-order chi connectivity index (χ0) is 30.3. The molecule has 0 radical (unpaired) electrons. The van der Waals surface area contributed by atoms with Crippen molar-refractivity contribution in [1.29, 1.82) is 0 Å². The van der Waals surface area contributed by atoms with Crippen LogP contribution in [0.5, 0.6) is 5.75 Å². The predicted molar refractivity (Wildman–Crippen MR) is 169 cm³/mol. The molecule has 0 fully saturated rings. The zero-order valence-corrected chi connectivity index (χ0v) is 26.2. The molecule has 2 N–H and O–H groups in total. The summed E-state index contributed by atoms with van der Waals surface area (Å²) >= 11 is 7.90. The van der Waals surface area contributed by atoms with Crippen LogP contribution in [0.1, 0.15) is 51.2 Å². The molecular formula is C32H36ClN5O4S. The number of hydrogen-bond acceptors (Lipinski definition) is 9. The van der Waals surface area contributed by atoms with Crippen LogP contribution in [0.15, 0.2) is 53.5 Å². The topological polar surface area (TPSA) is 114 Å². The summed E-state index contributed by atoms with van der Waals surface area (Å²) in [5.74, 6) is 2.23. The number of halogens is 1. The molecule has 0 spiro atoms. The molecule has 4 aromatic rings. The van der Waals surface area contributed by atoms with Gasteiger partial charge in [0.05, 0.1) is 32.1 Å². The van der Waals surface area contributed by atoms with E-state index in [4.69, 9.17) is 36.5 Å². The molecule has 43 heavy (non-hydrogen) atoms. The molecule has 9 nitrogen and oxygen atoms in total. The molecule has 1 aliphatic heterocycles. The number of carbonyl (C=O) groups excluding carboxylic acids is 1. The lowest BCUT2D eigenvalue weighted by Gasteiger charge is -2.13. The second kappa shape index (κ2) is 14.4. The number of ketones is 1. The molecule has 2 aromatic carbocycles. The molecule has 1 aliphatic rings. The number of nitrogens with zero attached hydrogens (tertiary/aromatic N) is 4. The summed E-state index contributed by atoms with van der Waals surface area (Å²) in [4.78, 5) is 19.8. The summed E-state index contributed by atoms with van der Waals surface area (Å²) in [5, 5.41) is 10.6. The van der Waals surface area contributed by atoms with Crippen molar-refractivity contribution >= 4 is 34.4 Å². The van der Waals surface area contributed by atoms with Crippen molar-refractivity contribution in [3.8, 4) is 10.8 Å². The van der Waals surface area contributed by atoms with Gasteiger partial charge in [0.2, 0.25) is 0 Å². The first-order chi connectivity index (χ1) is 20.9. The lowest BCUT2D eigenvalue weighted by atomic mass is 9.99. The van der Waals surface area contributed by atoms with Gasteiger partial charge < -0.3 is 19.9 Å². The third-order valence-corrected chi connectivity index (χ3v) is 8.68. The van der Waals surface area contributed by atoms with E-state index in [0.717, 1.165) is 44.5 Å². The number of benzene rings is 2. The number of carbonyl (C=O) groups is 1. The van der Waals surface area contributed by atoms with Gasteiger partial charge in [-0.05, 0) is 56.2 Å². The lowest BCUT2D eigenvalue weighted by molar-refractivity contribution is -0.118. The number of fused-ring (bicyclic) bond motifs is 3.